The second-order valence-electron chi connectivity index (χ2n) is 7.36. The van der Waals surface area contributed by atoms with Gasteiger partial charge in [-0.25, -0.2) is 0 Å². The van der Waals surface area contributed by atoms with Crippen molar-refractivity contribution < 1.29 is 5.11 Å². The predicted octanol–water partition coefficient (Wildman–Crippen LogP) is 7.97. The van der Waals surface area contributed by atoms with Crippen LogP contribution in [-0.4, -0.2) is 5.11 Å². The third-order valence-electron chi connectivity index (χ3n) is 4.89. The van der Waals surface area contributed by atoms with Crippen LogP contribution in [0.3, 0.4) is 0 Å². The van der Waals surface area contributed by atoms with Crippen LogP contribution in [0.25, 0.3) is 0 Å². The molecule has 1 aromatic carbocycles. The quantitative estimate of drug-likeness (QED) is 0.238. The molecule has 1 rings (SSSR count). The maximum Gasteiger partial charge on any atom is 0.115 e. The number of aromatic hydroxyl groups is 1. The number of unbranched alkanes of at least 4 members (excludes halogenated alkanes) is 12. The fourth-order valence-electron chi connectivity index (χ4n) is 3.29. The second-order valence-corrected chi connectivity index (χ2v) is 7.36. The van der Waals surface area contributed by atoms with Crippen LogP contribution in [0.1, 0.15) is 102 Å². The van der Waals surface area contributed by atoms with Gasteiger partial charge in [-0.3, -0.25) is 0 Å². The Kier molecular flexibility index (Phi) is 14.2. The van der Waals surface area contributed by atoms with E-state index in [9.17, 15) is 5.11 Å². The molecule has 0 aliphatic heterocycles. The zero-order chi connectivity index (χ0) is 18.0. The first-order chi connectivity index (χ1) is 12.3. The Morgan fingerprint density at radius 3 is 1.88 bits per heavy atom. The van der Waals surface area contributed by atoms with E-state index in [0.29, 0.717) is 5.75 Å². The molecule has 0 aliphatic rings. The molecule has 0 unspecified atom stereocenters. The largest absolute Gasteiger partial charge is 0.508 e. The minimum Gasteiger partial charge on any atom is -0.508 e. The third kappa shape index (κ3) is 13.7. The van der Waals surface area contributed by atoms with Crippen molar-refractivity contribution in [1.82, 2.24) is 0 Å². The van der Waals surface area contributed by atoms with Gasteiger partial charge in [-0.2, -0.15) is 0 Å². The van der Waals surface area contributed by atoms with E-state index in [0.717, 1.165) is 6.42 Å². The zero-order valence-electron chi connectivity index (χ0n) is 16.5. The summed E-state index contributed by atoms with van der Waals surface area (Å²) >= 11 is 0. The van der Waals surface area contributed by atoms with Crippen molar-refractivity contribution in [1.29, 1.82) is 0 Å². The zero-order valence-corrected chi connectivity index (χ0v) is 16.5. The molecule has 1 nitrogen and oxygen atoms in total. The van der Waals surface area contributed by atoms with Crippen molar-refractivity contribution in [2.45, 2.75) is 103 Å². The number of benzene rings is 1. The number of hydrogen-bond donors (Lipinski definition) is 1. The average molecular weight is 345 g/mol. The van der Waals surface area contributed by atoms with Gasteiger partial charge in [0.15, 0.2) is 0 Å². The van der Waals surface area contributed by atoms with Crippen molar-refractivity contribution in [3.05, 3.63) is 42.0 Å². The van der Waals surface area contributed by atoms with Gasteiger partial charge < -0.3 is 5.11 Å². The molecule has 1 N–H and O–H groups in total. The molecular formula is C24H40O. The molecule has 0 aromatic heterocycles. The molecule has 0 fully saturated rings. The van der Waals surface area contributed by atoms with Crippen LogP contribution in [0.4, 0.5) is 0 Å². The Balaban J connectivity index is 1.81. The minimum atomic E-state index is 0.388. The lowest BCUT2D eigenvalue weighted by atomic mass is 10.0. The van der Waals surface area contributed by atoms with Gasteiger partial charge >= 0.3 is 0 Å². The molecule has 0 atom stereocenters. The van der Waals surface area contributed by atoms with Gasteiger partial charge in [-0.15, -0.1) is 0 Å². The lowest BCUT2D eigenvalue weighted by molar-refractivity contribution is 0.474. The summed E-state index contributed by atoms with van der Waals surface area (Å²) in [5.41, 5.74) is 1.25. The molecular weight excluding hydrogens is 304 g/mol. The van der Waals surface area contributed by atoms with Gasteiger partial charge in [0.25, 0.3) is 0 Å². The maximum atomic E-state index is 9.44. The Labute approximate surface area is 156 Å². The Morgan fingerprint density at radius 1 is 0.720 bits per heavy atom. The molecule has 0 saturated carbocycles. The van der Waals surface area contributed by atoms with Crippen LogP contribution < -0.4 is 0 Å². The van der Waals surface area contributed by atoms with Gasteiger partial charge in [0, 0.05) is 0 Å². The van der Waals surface area contributed by atoms with E-state index in [2.05, 4.69) is 25.1 Å². The summed E-state index contributed by atoms with van der Waals surface area (Å²) in [7, 11) is 0. The molecule has 142 valence electrons. The fraction of sp³-hybridized carbons (Fsp3) is 0.667. The highest BCUT2D eigenvalue weighted by Gasteiger charge is 1.95. The first-order valence-electron chi connectivity index (χ1n) is 10.8. The average Bonchev–Trinajstić information content (AvgIpc) is 2.61. The summed E-state index contributed by atoms with van der Waals surface area (Å²) < 4.78 is 0. The highest BCUT2D eigenvalue weighted by Crippen LogP contribution is 2.14. The van der Waals surface area contributed by atoms with Crippen LogP contribution in [0.15, 0.2) is 36.4 Å². The van der Waals surface area contributed by atoms with Gasteiger partial charge in [0.05, 0.1) is 0 Å². The molecule has 1 heteroatoms. The number of hydrogen-bond acceptors (Lipinski definition) is 1. The van der Waals surface area contributed by atoms with Crippen LogP contribution in [0.5, 0.6) is 5.75 Å². The molecule has 0 radical (unpaired) electrons. The first kappa shape index (κ1) is 21.8. The van der Waals surface area contributed by atoms with Crippen LogP contribution >= 0.6 is 0 Å². The van der Waals surface area contributed by atoms with E-state index in [4.69, 9.17) is 0 Å². The van der Waals surface area contributed by atoms with Crippen molar-refractivity contribution >= 4 is 0 Å². The van der Waals surface area contributed by atoms with Gasteiger partial charge in [0.1, 0.15) is 5.75 Å². The Bertz CT molecular complexity index is 435. The van der Waals surface area contributed by atoms with E-state index in [-0.39, 0.29) is 0 Å². The van der Waals surface area contributed by atoms with Crippen LogP contribution in [-0.2, 0) is 6.42 Å². The van der Waals surface area contributed by atoms with Crippen molar-refractivity contribution in [3.8, 4) is 5.75 Å². The van der Waals surface area contributed by atoms with E-state index in [1.165, 1.54) is 95.5 Å². The topological polar surface area (TPSA) is 20.2 Å². The summed E-state index contributed by atoms with van der Waals surface area (Å²) in [5.74, 6) is 0.388. The number of rotatable bonds is 16. The first-order valence-corrected chi connectivity index (χ1v) is 10.8. The van der Waals surface area contributed by atoms with Gasteiger partial charge in [-0.05, 0) is 56.2 Å². The minimum absolute atomic E-state index is 0.388. The Morgan fingerprint density at radius 2 is 1.28 bits per heavy atom. The van der Waals surface area contributed by atoms with Crippen molar-refractivity contribution in [2.75, 3.05) is 0 Å². The molecule has 0 bridgehead atoms. The summed E-state index contributed by atoms with van der Waals surface area (Å²) in [6, 6.07) is 7.66. The van der Waals surface area contributed by atoms with E-state index >= 15 is 0 Å². The normalized spacial score (nSPS) is 11.4. The smallest absolute Gasteiger partial charge is 0.115 e. The summed E-state index contributed by atoms with van der Waals surface area (Å²) in [6.45, 7) is 2.28. The SMILES string of the molecule is CCCCCCCCCCC=CCCCCCCc1cccc(O)c1. The summed E-state index contributed by atoms with van der Waals surface area (Å²) in [6.07, 6.45) is 24.8. The van der Waals surface area contributed by atoms with Crippen molar-refractivity contribution in [3.63, 3.8) is 0 Å². The highest BCUT2D eigenvalue weighted by molar-refractivity contribution is 5.27. The number of aryl methyl sites for hydroxylation is 1. The maximum absolute atomic E-state index is 9.44. The highest BCUT2D eigenvalue weighted by atomic mass is 16.3. The van der Waals surface area contributed by atoms with Crippen LogP contribution in [0.2, 0.25) is 0 Å². The number of phenols is 1. The summed E-state index contributed by atoms with van der Waals surface area (Å²) in [4.78, 5) is 0. The molecule has 0 amide bonds. The van der Waals surface area contributed by atoms with Crippen molar-refractivity contribution in [2.24, 2.45) is 0 Å². The standard InChI is InChI=1S/C24H40O/c1-2-3-4-5-6-7-8-9-10-11-12-13-14-15-16-17-19-23-20-18-21-24(25)22-23/h11-12,18,20-22,25H,2-10,13-17,19H2,1H3. The van der Waals surface area contributed by atoms with Gasteiger partial charge in [0.2, 0.25) is 0 Å². The lowest BCUT2D eigenvalue weighted by Crippen LogP contribution is -1.85. The molecule has 0 aliphatic carbocycles. The summed E-state index contributed by atoms with van der Waals surface area (Å²) in [5, 5.41) is 9.44. The lowest BCUT2D eigenvalue weighted by Gasteiger charge is -2.02. The molecule has 1 aromatic rings. The Hall–Kier alpha value is -1.24. The van der Waals surface area contributed by atoms with E-state index in [1.807, 2.05) is 12.1 Å². The molecule has 25 heavy (non-hydrogen) atoms. The van der Waals surface area contributed by atoms with Gasteiger partial charge in [-0.1, -0.05) is 89.0 Å². The van der Waals surface area contributed by atoms with Crippen LogP contribution in [0, 0.1) is 0 Å². The number of phenolic OH excluding ortho intramolecular Hbond substituents is 1. The third-order valence-corrected chi connectivity index (χ3v) is 4.89. The number of allylic oxidation sites excluding steroid dienone is 2. The monoisotopic (exact) mass is 344 g/mol. The molecule has 0 spiro atoms. The molecule has 0 heterocycles. The second kappa shape index (κ2) is 16.2. The fourth-order valence-corrected chi connectivity index (χ4v) is 3.29. The van der Waals surface area contributed by atoms with E-state index < -0.39 is 0 Å². The molecule has 0 saturated heterocycles. The predicted molar refractivity (Wildman–Crippen MR) is 111 cm³/mol. The van der Waals surface area contributed by atoms with E-state index in [1.54, 1.807) is 6.07 Å².